The molecular weight excluding hydrogens is 176 g/mol. The van der Waals surface area contributed by atoms with Gasteiger partial charge in [-0.05, 0) is 26.3 Å². The van der Waals surface area contributed by atoms with E-state index < -0.39 is 0 Å². The van der Waals surface area contributed by atoms with Crippen LogP contribution in [0.1, 0.15) is 18.3 Å². The Kier molecular flexibility index (Phi) is 3.83. The highest BCUT2D eigenvalue weighted by Gasteiger charge is 2.01. The predicted octanol–water partition coefficient (Wildman–Crippen LogP) is 1.10. The van der Waals surface area contributed by atoms with Crippen LogP contribution in [0.4, 0.5) is 5.82 Å². The molecule has 0 aromatic carbocycles. The summed E-state index contributed by atoms with van der Waals surface area (Å²) in [6.45, 7) is 7.54. The molecule has 0 saturated heterocycles. The minimum atomic E-state index is 0.457. The molecular formula is C10H18N4. The normalized spacial score (nSPS) is 12.6. The van der Waals surface area contributed by atoms with E-state index in [4.69, 9.17) is 5.73 Å². The molecule has 1 aromatic heterocycles. The van der Waals surface area contributed by atoms with Crippen LogP contribution in [0.15, 0.2) is 6.20 Å². The zero-order chi connectivity index (χ0) is 10.6. The zero-order valence-electron chi connectivity index (χ0n) is 9.04. The third kappa shape index (κ3) is 2.96. The molecule has 4 heteroatoms. The van der Waals surface area contributed by atoms with Gasteiger partial charge in [0.25, 0.3) is 0 Å². The molecule has 0 spiro atoms. The average molecular weight is 194 g/mol. The second-order valence-electron chi connectivity index (χ2n) is 3.65. The number of hydrogen-bond acceptors (Lipinski definition) is 4. The van der Waals surface area contributed by atoms with Crippen molar-refractivity contribution in [3.8, 4) is 0 Å². The molecule has 3 N–H and O–H groups in total. The largest absolute Gasteiger partial charge is 0.368 e. The quantitative estimate of drug-likeness (QED) is 0.753. The number of anilines is 1. The van der Waals surface area contributed by atoms with Crippen LogP contribution in [0.5, 0.6) is 0 Å². The SMILES string of the molecule is Cc1ncc(NCC(C)CN)nc1C. The van der Waals surface area contributed by atoms with Gasteiger partial charge in [-0.25, -0.2) is 4.98 Å². The molecule has 0 aliphatic heterocycles. The Labute approximate surface area is 85.0 Å². The monoisotopic (exact) mass is 194 g/mol. The zero-order valence-corrected chi connectivity index (χ0v) is 9.04. The lowest BCUT2D eigenvalue weighted by Gasteiger charge is -2.10. The van der Waals surface area contributed by atoms with Crippen LogP contribution in [0.3, 0.4) is 0 Å². The lowest BCUT2D eigenvalue weighted by atomic mass is 10.2. The summed E-state index contributed by atoms with van der Waals surface area (Å²) in [5, 5.41) is 3.21. The van der Waals surface area contributed by atoms with Gasteiger partial charge in [-0.2, -0.15) is 0 Å². The maximum absolute atomic E-state index is 5.51. The van der Waals surface area contributed by atoms with E-state index >= 15 is 0 Å². The highest BCUT2D eigenvalue weighted by Crippen LogP contribution is 2.06. The molecule has 0 aliphatic rings. The van der Waals surface area contributed by atoms with E-state index in [9.17, 15) is 0 Å². The van der Waals surface area contributed by atoms with Crippen LogP contribution in [-0.4, -0.2) is 23.1 Å². The minimum Gasteiger partial charge on any atom is -0.368 e. The summed E-state index contributed by atoms with van der Waals surface area (Å²) in [5.41, 5.74) is 7.46. The van der Waals surface area contributed by atoms with Crippen LogP contribution in [0, 0.1) is 19.8 Å². The molecule has 0 radical (unpaired) electrons. The molecule has 1 unspecified atom stereocenters. The molecule has 0 bridgehead atoms. The van der Waals surface area contributed by atoms with Gasteiger partial charge < -0.3 is 11.1 Å². The van der Waals surface area contributed by atoms with Gasteiger partial charge >= 0.3 is 0 Å². The summed E-state index contributed by atoms with van der Waals surface area (Å²) in [4.78, 5) is 8.59. The van der Waals surface area contributed by atoms with Crippen molar-refractivity contribution in [2.45, 2.75) is 20.8 Å². The smallest absolute Gasteiger partial charge is 0.144 e. The maximum atomic E-state index is 5.51. The highest BCUT2D eigenvalue weighted by atomic mass is 15.0. The first kappa shape index (κ1) is 10.9. The fourth-order valence-electron chi connectivity index (χ4n) is 0.989. The summed E-state index contributed by atoms with van der Waals surface area (Å²) in [6, 6.07) is 0. The first-order valence-corrected chi connectivity index (χ1v) is 4.87. The minimum absolute atomic E-state index is 0.457. The van der Waals surface area contributed by atoms with E-state index in [1.807, 2.05) is 13.8 Å². The van der Waals surface area contributed by atoms with Gasteiger partial charge in [0, 0.05) is 6.54 Å². The Hall–Kier alpha value is -1.16. The van der Waals surface area contributed by atoms with E-state index in [1.54, 1.807) is 6.20 Å². The molecule has 0 fully saturated rings. The van der Waals surface area contributed by atoms with Crippen molar-refractivity contribution in [2.75, 3.05) is 18.4 Å². The number of aromatic nitrogens is 2. The molecule has 0 saturated carbocycles. The summed E-state index contributed by atoms with van der Waals surface area (Å²) in [6.07, 6.45) is 1.76. The molecule has 1 atom stereocenters. The lowest BCUT2D eigenvalue weighted by molar-refractivity contribution is 0.626. The Balaban J connectivity index is 2.55. The molecule has 14 heavy (non-hydrogen) atoms. The Bertz CT molecular complexity index is 298. The maximum Gasteiger partial charge on any atom is 0.144 e. The first-order chi connectivity index (χ1) is 6.63. The van der Waals surface area contributed by atoms with E-state index in [1.165, 1.54) is 0 Å². The van der Waals surface area contributed by atoms with Gasteiger partial charge in [0.15, 0.2) is 0 Å². The summed E-state index contributed by atoms with van der Waals surface area (Å²) in [5.74, 6) is 1.28. The molecule has 0 amide bonds. The van der Waals surface area contributed by atoms with Gasteiger partial charge in [0.2, 0.25) is 0 Å². The Morgan fingerprint density at radius 2 is 2.14 bits per heavy atom. The van der Waals surface area contributed by atoms with Gasteiger partial charge in [0.1, 0.15) is 5.82 Å². The van der Waals surface area contributed by atoms with E-state index in [-0.39, 0.29) is 0 Å². The third-order valence-electron chi connectivity index (χ3n) is 2.23. The van der Waals surface area contributed by atoms with Crippen molar-refractivity contribution < 1.29 is 0 Å². The number of nitrogens with two attached hydrogens (primary N) is 1. The van der Waals surface area contributed by atoms with Gasteiger partial charge in [-0.1, -0.05) is 6.92 Å². The summed E-state index contributed by atoms with van der Waals surface area (Å²) in [7, 11) is 0. The number of hydrogen-bond donors (Lipinski definition) is 2. The van der Waals surface area contributed by atoms with Gasteiger partial charge in [0.05, 0.1) is 17.6 Å². The number of nitrogens with zero attached hydrogens (tertiary/aromatic N) is 2. The predicted molar refractivity (Wildman–Crippen MR) is 58.2 cm³/mol. The standard InChI is InChI=1S/C10H18N4/c1-7(4-11)5-13-10-6-12-8(2)9(3)14-10/h6-7H,4-5,11H2,1-3H3,(H,13,14). The van der Waals surface area contributed by atoms with E-state index in [2.05, 4.69) is 22.2 Å². The molecule has 0 aliphatic carbocycles. The fraction of sp³-hybridized carbons (Fsp3) is 0.600. The average Bonchev–Trinajstić information content (AvgIpc) is 2.19. The Morgan fingerprint density at radius 1 is 1.43 bits per heavy atom. The highest BCUT2D eigenvalue weighted by molar-refractivity contribution is 5.33. The molecule has 1 rings (SSSR count). The second-order valence-corrected chi connectivity index (χ2v) is 3.65. The van der Waals surface area contributed by atoms with Crippen LogP contribution >= 0.6 is 0 Å². The van der Waals surface area contributed by atoms with Crippen LogP contribution < -0.4 is 11.1 Å². The van der Waals surface area contributed by atoms with Gasteiger partial charge in [-0.15, -0.1) is 0 Å². The van der Waals surface area contributed by atoms with Crippen molar-refractivity contribution in [1.82, 2.24) is 9.97 Å². The lowest BCUT2D eigenvalue weighted by Crippen LogP contribution is -2.20. The van der Waals surface area contributed by atoms with Gasteiger partial charge in [-0.3, -0.25) is 4.98 Å². The molecule has 4 nitrogen and oxygen atoms in total. The third-order valence-corrected chi connectivity index (χ3v) is 2.23. The number of aryl methyl sites for hydroxylation is 2. The van der Waals surface area contributed by atoms with Crippen molar-refractivity contribution in [3.63, 3.8) is 0 Å². The molecule has 78 valence electrons. The van der Waals surface area contributed by atoms with Crippen LogP contribution in [-0.2, 0) is 0 Å². The topological polar surface area (TPSA) is 63.8 Å². The number of rotatable bonds is 4. The van der Waals surface area contributed by atoms with Crippen molar-refractivity contribution >= 4 is 5.82 Å². The summed E-state index contributed by atoms with van der Waals surface area (Å²) < 4.78 is 0. The first-order valence-electron chi connectivity index (χ1n) is 4.87. The van der Waals surface area contributed by atoms with E-state index in [0.29, 0.717) is 12.5 Å². The second kappa shape index (κ2) is 4.91. The molecule has 1 aromatic rings. The van der Waals surface area contributed by atoms with E-state index in [0.717, 1.165) is 23.8 Å². The number of nitrogens with one attached hydrogen (secondary N) is 1. The summed E-state index contributed by atoms with van der Waals surface area (Å²) >= 11 is 0. The molecule has 1 heterocycles. The fourth-order valence-corrected chi connectivity index (χ4v) is 0.989. The van der Waals surface area contributed by atoms with Crippen LogP contribution in [0.25, 0.3) is 0 Å². The van der Waals surface area contributed by atoms with Crippen molar-refractivity contribution in [1.29, 1.82) is 0 Å². The van der Waals surface area contributed by atoms with Crippen LogP contribution in [0.2, 0.25) is 0 Å². The Morgan fingerprint density at radius 3 is 2.71 bits per heavy atom. The van der Waals surface area contributed by atoms with Crippen molar-refractivity contribution in [2.24, 2.45) is 11.7 Å². The van der Waals surface area contributed by atoms with Crippen molar-refractivity contribution in [3.05, 3.63) is 17.6 Å².